The second kappa shape index (κ2) is 62.1. The molecule has 6 nitrogen and oxygen atoms in total. The zero-order valence-corrected chi connectivity index (χ0v) is 48.9. The Morgan fingerprint density at radius 3 is 0.944 bits per heavy atom. The zero-order chi connectivity index (χ0) is 52.2. The van der Waals surface area contributed by atoms with Gasteiger partial charge in [-0.2, -0.15) is 0 Å². The third kappa shape index (κ3) is 57.9. The van der Waals surface area contributed by atoms with Crippen LogP contribution >= 0.6 is 0 Å². The minimum absolute atomic E-state index is 0.0198. The number of ether oxygens (including phenoxy) is 1. The summed E-state index contributed by atoms with van der Waals surface area (Å²) in [4.78, 5) is 24.5. The Balaban J connectivity index is 3.35. The third-order valence-corrected chi connectivity index (χ3v) is 15.6. The Labute approximate surface area is 450 Å². The first-order valence-corrected chi connectivity index (χ1v) is 33.0. The van der Waals surface area contributed by atoms with Crippen molar-refractivity contribution in [2.45, 2.75) is 386 Å². The number of carbonyl (C=O) groups excluding carboxylic acids is 2. The van der Waals surface area contributed by atoms with Crippen LogP contribution in [-0.2, 0) is 14.3 Å². The summed E-state index contributed by atoms with van der Waals surface area (Å²) in [5, 5.41) is 23.1. The topological polar surface area (TPSA) is 95.9 Å². The van der Waals surface area contributed by atoms with Crippen molar-refractivity contribution in [3.8, 4) is 0 Å². The van der Waals surface area contributed by atoms with Gasteiger partial charge in [0.25, 0.3) is 0 Å². The third-order valence-electron chi connectivity index (χ3n) is 15.6. The molecule has 0 aliphatic carbocycles. The lowest BCUT2D eigenvalue weighted by Crippen LogP contribution is -2.45. The number of carbonyl (C=O) groups is 2. The van der Waals surface area contributed by atoms with E-state index in [1.165, 1.54) is 308 Å². The Morgan fingerprint density at radius 2 is 0.639 bits per heavy atom. The second-order valence-electron chi connectivity index (χ2n) is 22.8. The maximum atomic E-state index is 12.5. The molecule has 0 aliphatic heterocycles. The van der Waals surface area contributed by atoms with E-state index in [4.69, 9.17) is 4.74 Å². The lowest BCUT2D eigenvalue weighted by atomic mass is 10.0. The molecule has 428 valence electrons. The molecule has 72 heavy (non-hydrogen) atoms. The first-order valence-electron chi connectivity index (χ1n) is 33.0. The predicted molar refractivity (Wildman–Crippen MR) is 315 cm³/mol. The van der Waals surface area contributed by atoms with Crippen molar-refractivity contribution in [2.24, 2.45) is 0 Å². The highest BCUT2D eigenvalue weighted by molar-refractivity contribution is 5.76. The van der Waals surface area contributed by atoms with E-state index in [0.717, 1.165) is 38.5 Å². The molecular formula is C66H129NO5. The van der Waals surface area contributed by atoms with Crippen molar-refractivity contribution in [1.82, 2.24) is 5.32 Å². The van der Waals surface area contributed by atoms with E-state index >= 15 is 0 Å². The molecule has 0 saturated heterocycles. The molecule has 2 atom stereocenters. The largest absolute Gasteiger partial charge is 0.466 e. The van der Waals surface area contributed by atoms with Gasteiger partial charge in [-0.25, -0.2) is 0 Å². The fourth-order valence-corrected chi connectivity index (χ4v) is 10.5. The minimum Gasteiger partial charge on any atom is -0.466 e. The average molecular weight is 1020 g/mol. The van der Waals surface area contributed by atoms with Gasteiger partial charge in [-0.1, -0.05) is 341 Å². The summed E-state index contributed by atoms with van der Waals surface area (Å²) in [6.07, 6.45) is 75.6. The molecule has 0 fully saturated rings. The van der Waals surface area contributed by atoms with E-state index in [0.29, 0.717) is 19.4 Å². The van der Waals surface area contributed by atoms with Crippen LogP contribution in [0.3, 0.4) is 0 Å². The molecule has 0 aromatic heterocycles. The summed E-state index contributed by atoms with van der Waals surface area (Å²) in [6.45, 7) is 4.94. The van der Waals surface area contributed by atoms with E-state index in [9.17, 15) is 19.8 Å². The number of rotatable bonds is 62. The number of aliphatic hydroxyl groups is 2. The van der Waals surface area contributed by atoms with Crippen LogP contribution < -0.4 is 5.32 Å². The van der Waals surface area contributed by atoms with E-state index in [-0.39, 0.29) is 18.5 Å². The first-order chi connectivity index (χ1) is 35.5. The fraction of sp³-hybridized carbons (Fsp3) is 0.939. The monoisotopic (exact) mass is 1020 g/mol. The van der Waals surface area contributed by atoms with Gasteiger partial charge in [-0.05, 0) is 32.1 Å². The van der Waals surface area contributed by atoms with Crippen LogP contribution in [0.25, 0.3) is 0 Å². The van der Waals surface area contributed by atoms with Gasteiger partial charge in [0.1, 0.15) is 0 Å². The predicted octanol–water partition coefficient (Wildman–Crippen LogP) is 20.8. The first kappa shape index (κ1) is 70.6. The van der Waals surface area contributed by atoms with Gasteiger partial charge >= 0.3 is 5.97 Å². The normalized spacial score (nSPS) is 12.6. The number of amides is 1. The van der Waals surface area contributed by atoms with Crippen LogP contribution in [0.1, 0.15) is 373 Å². The van der Waals surface area contributed by atoms with E-state index in [2.05, 4.69) is 19.2 Å². The van der Waals surface area contributed by atoms with Crippen LogP contribution in [0.15, 0.2) is 12.2 Å². The Bertz CT molecular complexity index is 1080. The summed E-state index contributed by atoms with van der Waals surface area (Å²) in [7, 11) is 0. The van der Waals surface area contributed by atoms with Crippen molar-refractivity contribution in [2.75, 3.05) is 13.2 Å². The number of unbranched alkanes of at least 4 members (excludes halogenated alkanes) is 51. The Hall–Kier alpha value is -1.40. The molecule has 0 saturated carbocycles. The SMILES string of the molecule is CCCCCCCCCCCCCCC/C=C/C(O)C(CO)NC(=O)CCCCCCCCCCCCCCCCCCCCCCCCCCCCOC(=O)CCCCCCCCCCCCCCCC. The summed E-state index contributed by atoms with van der Waals surface area (Å²) in [6, 6.07) is -0.625. The van der Waals surface area contributed by atoms with Crippen molar-refractivity contribution in [3.63, 3.8) is 0 Å². The smallest absolute Gasteiger partial charge is 0.305 e. The number of hydrogen-bond acceptors (Lipinski definition) is 5. The molecule has 2 unspecified atom stereocenters. The number of nitrogens with one attached hydrogen (secondary N) is 1. The highest BCUT2D eigenvalue weighted by atomic mass is 16.5. The van der Waals surface area contributed by atoms with Crippen LogP contribution in [0.2, 0.25) is 0 Å². The molecule has 0 aromatic rings. The number of allylic oxidation sites excluding steroid dienone is 1. The zero-order valence-electron chi connectivity index (χ0n) is 48.9. The molecule has 3 N–H and O–H groups in total. The van der Waals surface area contributed by atoms with Gasteiger partial charge in [0, 0.05) is 12.8 Å². The molecular weight excluding hydrogens is 887 g/mol. The second-order valence-corrected chi connectivity index (χ2v) is 22.8. The van der Waals surface area contributed by atoms with Crippen molar-refractivity contribution < 1.29 is 24.5 Å². The summed E-state index contributed by atoms with van der Waals surface area (Å²) in [5.74, 6) is -0.0433. The molecule has 0 radical (unpaired) electrons. The Kier molecular flexibility index (Phi) is 60.9. The van der Waals surface area contributed by atoms with Crippen molar-refractivity contribution >= 4 is 11.9 Å². The highest BCUT2D eigenvalue weighted by Crippen LogP contribution is 2.19. The van der Waals surface area contributed by atoms with Crippen LogP contribution in [-0.4, -0.2) is 47.4 Å². The molecule has 0 heterocycles. The van der Waals surface area contributed by atoms with Crippen LogP contribution in [0.4, 0.5) is 0 Å². The molecule has 0 bridgehead atoms. The van der Waals surface area contributed by atoms with Gasteiger partial charge in [-0.3, -0.25) is 9.59 Å². The quantitative estimate of drug-likeness (QED) is 0.0320. The fourth-order valence-electron chi connectivity index (χ4n) is 10.5. The van der Waals surface area contributed by atoms with Crippen molar-refractivity contribution in [1.29, 1.82) is 0 Å². The lowest BCUT2D eigenvalue weighted by molar-refractivity contribution is -0.143. The number of hydrogen-bond donors (Lipinski definition) is 3. The van der Waals surface area contributed by atoms with Gasteiger partial charge in [0.2, 0.25) is 5.91 Å². The average Bonchev–Trinajstić information content (AvgIpc) is 3.38. The molecule has 1 amide bonds. The van der Waals surface area contributed by atoms with Crippen molar-refractivity contribution in [3.05, 3.63) is 12.2 Å². The number of aliphatic hydroxyl groups excluding tert-OH is 2. The standard InChI is InChI=1S/C66H129NO5/c1-3-5-7-9-11-13-15-17-31-34-38-42-46-50-54-58-64(69)63(62-68)67-65(70)59-55-51-47-43-39-35-32-29-27-25-23-21-19-20-22-24-26-28-30-33-37-41-45-49-53-57-61-72-66(71)60-56-52-48-44-40-36-18-16-14-12-10-8-6-4-2/h54,58,63-64,68-69H,3-53,55-57,59-62H2,1-2H3,(H,67,70)/b58-54+. The molecule has 0 rings (SSSR count). The summed E-state index contributed by atoms with van der Waals surface area (Å²) < 4.78 is 5.49. The van der Waals surface area contributed by atoms with Gasteiger partial charge in [-0.15, -0.1) is 0 Å². The van der Waals surface area contributed by atoms with E-state index in [1.807, 2.05) is 6.08 Å². The van der Waals surface area contributed by atoms with Crippen LogP contribution in [0.5, 0.6) is 0 Å². The highest BCUT2D eigenvalue weighted by Gasteiger charge is 2.18. The van der Waals surface area contributed by atoms with E-state index < -0.39 is 12.1 Å². The summed E-state index contributed by atoms with van der Waals surface area (Å²) >= 11 is 0. The van der Waals surface area contributed by atoms with Gasteiger partial charge in [0.05, 0.1) is 25.4 Å². The maximum absolute atomic E-state index is 12.5. The number of esters is 1. The summed E-state index contributed by atoms with van der Waals surface area (Å²) in [5.41, 5.74) is 0. The molecule has 0 aliphatic rings. The van der Waals surface area contributed by atoms with E-state index in [1.54, 1.807) is 6.08 Å². The molecule has 0 spiro atoms. The minimum atomic E-state index is -0.842. The van der Waals surface area contributed by atoms with Crippen LogP contribution in [0, 0.1) is 0 Å². The maximum Gasteiger partial charge on any atom is 0.305 e. The lowest BCUT2D eigenvalue weighted by Gasteiger charge is -2.20. The molecule has 0 aromatic carbocycles. The molecule has 6 heteroatoms. The van der Waals surface area contributed by atoms with Gasteiger partial charge < -0.3 is 20.3 Å². The Morgan fingerprint density at radius 1 is 0.375 bits per heavy atom. The van der Waals surface area contributed by atoms with Gasteiger partial charge in [0.15, 0.2) is 0 Å².